The molecule has 1 aromatic heterocycles. The van der Waals surface area contributed by atoms with Crippen LogP contribution >= 0.6 is 0 Å². The molecule has 3 rings (SSSR count). The maximum atomic E-state index is 13.3. The van der Waals surface area contributed by atoms with Gasteiger partial charge < -0.3 is 14.8 Å². The SMILES string of the molecule is CC[C@H](C)NC(=O)Cn1c(=O)n(-c2ccc(OC)c(OC)c2)c(=O)c2ccccc21. The number of aromatic nitrogens is 2. The van der Waals surface area contributed by atoms with Gasteiger partial charge in [0.15, 0.2) is 11.5 Å². The van der Waals surface area contributed by atoms with Gasteiger partial charge in [0.05, 0.1) is 30.8 Å². The Hall–Kier alpha value is -3.55. The van der Waals surface area contributed by atoms with Crippen molar-refractivity contribution in [2.75, 3.05) is 14.2 Å². The number of hydrogen-bond acceptors (Lipinski definition) is 5. The second-order valence-corrected chi connectivity index (χ2v) is 6.94. The van der Waals surface area contributed by atoms with Gasteiger partial charge in [-0.05, 0) is 37.6 Å². The molecule has 0 aliphatic carbocycles. The molecule has 0 spiro atoms. The molecule has 0 aliphatic rings. The Morgan fingerprint density at radius 1 is 1.07 bits per heavy atom. The van der Waals surface area contributed by atoms with E-state index in [0.717, 1.165) is 11.0 Å². The summed E-state index contributed by atoms with van der Waals surface area (Å²) in [6, 6.07) is 11.5. The fourth-order valence-electron chi connectivity index (χ4n) is 3.23. The number of methoxy groups -OCH3 is 2. The van der Waals surface area contributed by atoms with Crippen molar-refractivity contribution in [3.8, 4) is 17.2 Å². The zero-order valence-electron chi connectivity index (χ0n) is 17.5. The first-order valence-corrected chi connectivity index (χ1v) is 9.67. The third-order valence-electron chi connectivity index (χ3n) is 5.00. The average molecular weight is 411 g/mol. The summed E-state index contributed by atoms with van der Waals surface area (Å²) in [4.78, 5) is 39.0. The highest BCUT2D eigenvalue weighted by atomic mass is 16.5. The van der Waals surface area contributed by atoms with Crippen molar-refractivity contribution in [3.63, 3.8) is 0 Å². The van der Waals surface area contributed by atoms with Crippen LogP contribution in [0.2, 0.25) is 0 Å². The molecule has 0 saturated heterocycles. The first-order chi connectivity index (χ1) is 14.4. The fourth-order valence-corrected chi connectivity index (χ4v) is 3.23. The molecule has 8 heteroatoms. The molecule has 1 amide bonds. The number of hydrogen-bond donors (Lipinski definition) is 1. The van der Waals surface area contributed by atoms with Gasteiger partial charge in [0.2, 0.25) is 5.91 Å². The molecule has 2 aromatic carbocycles. The minimum absolute atomic E-state index is 0.0174. The van der Waals surface area contributed by atoms with Crippen molar-refractivity contribution in [2.45, 2.75) is 32.9 Å². The number of rotatable bonds is 7. The van der Waals surface area contributed by atoms with Gasteiger partial charge in [-0.25, -0.2) is 9.36 Å². The molecule has 158 valence electrons. The van der Waals surface area contributed by atoms with Crippen LogP contribution in [-0.4, -0.2) is 35.3 Å². The summed E-state index contributed by atoms with van der Waals surface area (Å²) in [5, 5.41) is 3.19. The Bertz CT molecular complexity index is 1200. The standard InChI is InChI=1S/C22H25N3O5/c1-5-14(2)23-20(26)13-24-17-9-7-6-8-16(17)21(27)25(22(24)28)15-10-11-18(29-3)19(12-15)30-4/h6-12,14H,5,13H2,1-4H3,(H,23,26)/t14-/m0/s1. The van der Waals surface area contributed by atoms with Gasteiger partial charge in [0.25, 0.3) is 5.56 Å². The summed E-state index contributed by atoms with van der Waals surface area (Å²) in [5.74, 6) is 0.563. The minimum atomic E-state index is -0.606. The molecular formula is C22H25N3O5. The summed E-state index contributed by atoms with van der Waals surface area (Å²) in [6.45, 7) is 3.66. The van der Waals surface area contributed by atoms with Crippen LogP contribution in [-0.2, 0) is 11.3 Å². The zero-order chi connectivity index (χ0) is 21.8. The molecule has 0 bridgehead atoms. The topological polar surface area (TPSA) is 91.6 Å². The van der Waals surface area contributed by atoms with Crippen LogP contribution < -0.4 is 26.0 Å². The van der Waals surface area contributed by atoms with Crippen molar-refractivity contribution < 1.29 is 14.3 Å². The van der Waals surface area contributed by atoms with E-state index in [-0.39, 0.29) is 18.5 Å². The van der Waals surface area contributed by atoms with E-state index in [1.165, 1.54) is 18.8 Å². The summed E-state index contributed by atoms with van der Waals surface area (Å²) in [7, 11) is 2.98. The predicted octanol–water partition coefficient (Wildman–Crippen LogP) is 2.08. The molecule has 1 heterocycles. The van der Waals surface area contributed by atoms with Crippen molar-refractivity contribution in [3.05, 3.63) is 63.3 Å². The van der Waals surface area contributed by atoms with Crippen LogP contribution in [0, 0.1) is 0 Å². The van der Waals surface area contributed by atoms with E-state index in [1.54, 1.807) is 42.5 Å². The quantitative estimate of drug-likeness (QED) is 0.643. The lowest BCUT2D eigenvalue weighted by molar-refractivity contribution is -0.122. The van der Waals surface area contributed by atoms with Crippen LogP contribution in [0.15, 0.2) is 52.1 Å². The van der Waals surface area contributed by atoms with Gasteiger partial charge in [-0.1, -0.05) is 19.1 Å². The third kappa shape index (κ3) is 3.94. The van der Waals surface area contributed by atoms with Crippen molar-refractivity contribution in [1.82, 2.24) is 14.5 Å². The summed E-state index contributed by atoms with van der Waals surface area (Å²) >= 11 is 0. The summed E-state index contributed by atoms with van der Waals surface area (Å²) in [5.41, 5.74) is -0.348. The lowest BCUT2D eigenvalue weighted by Gasteiger charge is -2.16. The van der Waals surface area contributed by atoms with Crippen molar-refractivity contribution >= 4 is 16.8 Å². The number of nitrogens with one attached hydrogen (secondary N) is 1. The van der Waals surface area contributed by atoms with Crippen LogP contribution in [0.4, 0.5) is 0 Å². The van der Waals surface area contributed by atoms with Crippen LogP contribution in [0.25, 0.3) is 16.6 Å². The molecular weight excluding hydrogens is 386 g/mol. The Kier molecular flexibility index (Phi) is 6.25. The number of amides is 1. The number of nitrogens with zero attached hydrogens (tertiary/aromatic N) is 2. The molecule has 1 atom stereocenters. The Morgan fingerprint density at radius 3 is 2.43 bits per heavy atom. The van der Waals surface area contributed by atoms with Gasteiger partial charge in [-0.15, -0.1) is 0 Å². The molecule has 8 nitrogen and oxygen atoms in total. The van der Waals surface area contributed by atoms with Gasteiger partial charge >= 0.3 is 5.69 Å². The second-order valence-electron chi connectivity index (χ2n) is 6.94. The van der Waals surface area contributed by atoms with E-state index in [9.17, 15) is 14.4 Å². The van der Waals surface area contributed by atoms with E-state index >= 15 is 0 Å². The highest BCUT2D eigenvalue weighted by Crippen LogP contribution is 2.28. The van der Waals surface area contributed by atoms with Gasteiger partial charge in [0.1, 0.15) is 6.54 Å². The normalized spacial score (nSPS) is 11.9. The summed E-state index contributed by atoms with van der Waals surface area (Å²) < 4.78 is 12.9. The van der Waals surface area contributed by atoms with E-state index in [1.807, 2.05) is 13.8 Å². The highest BCUT2D eigenvalue weighted by Gasteiger charge is 2.18. The second kappa shape index (κ2) is 8.86. The monoisotopic (exact) mass is 411 g/mol. The molecule has 0 fully saturated rings. The first-order valence-electron chi connectivity index (χ1n) is 9.67. The molecule has 0 saturated carbocycles. The first kappa shape index (κ1) is 21.2. The number of carbonyl (C=O) groups excluding carboxylic acids is 1. The van der Waals surface area contributed by atoms with Crippen LogP contribution in [0.3, 0.4) is 0 Å². The number of fused-ring (bicyclic) bond motifs is 1. The number of para-hydroxylation sites is 1. The number of benzene rings is 2. The van der Waals surface area contributed by atoms with Crippen molar-refractivity contribution in [1.29, 1.82) is 0 Å². The molecule has 30 heavy (non-hydrogen) atoms. The number of carbonyl (C=O) groups is 1. The summed E-state index contributed by atoms with van der Waals surface area (Å²) in [6.07, 6.45) is 0.770. The highest BCUT2D eigenvalue weighted by molar-refractivity contribution is 5.82. The maximum Gasteiger partial charge on any atom is 0.336 e. The van der Waals surface area contributed by atoms with E-state index in [0.29, 0.717) is 28.1 Å². The van der Waals surface area contributed by atoms with Crippen LogP contribution in [0.1, 0.15) is 20.3 Å². The molecule has 1 N–H and O–H groups in total. The molecule has 0 unspecified atom stereocenters. The third-order valence-corrected chi connectivity index (χ3v) is 5.00. The average Bonchev–Trinajstić information content (AvgIpc) is 2.76. The Morgan fingerprint density at radius 2 is 1.77 bits per heavy atom. The lowest BCUT2D eigenvalue weighted by Crippen LogP contribution is -2.43. The smallest absolute Gasteiger partial charge is 0.336 e. The van der Waals surface area contributed by atoms with Gasteiger partial charge in [-0.2, -0.15) is 0 Å². The Balaban J connectivity index is 2.23. The maximum absolute atomic E-state index is 13.3. The zero-order valence-corrected chi connectivity index (χ0v) is 17.5. The van der Waals surface area contributed by atoms with Crippen molar-refractivity contribution in [2.24, 2.45) is 0 Å². The fraction of sp³-hybridized carbons (Fsp3) is 0.318. The molecule has 3 aromatic rings. The number of ether oxygens (including phenoxy) is 2. The lowest BCUT2D eigenvalue weighted by atomic mass is 10.2. The van der Waals surface area contributed by atoms with Crippen LogP contribution in [0.5, 0.6) is 11.5 Å². The largest absolute Gasteiger partial charge is 0.493 e. The molecule has 0 radical (unpaired) electrons. The van der Waals surface area contributed by atoms with E-state index < -0.39 is 11.2 Å². The van der Waals surface area contributed by atoms with Gasteiger partial charge in [0, 0.05) is 12.1 Å². The van der Waals surface area contributed by atoms with Gasteiger partial charge in [-0.3, -0.25) is 14.2 Å². The Labute approximate surface area is 173 Å². The van der Waals surface area contributed by atoms with E-state index in [4.69, 9.17) is 9.47 Å². The molecule has 0 aliphatic heterocycles. The minimum Gasteiger partial charge on any atom is -0.493 e. The predicted molar refractivity (Wildman–Crippen MR) is 115 cm³/mol. The van der Waals surface area contributed by atoms with E-state index in [2.05, 4.69) is 5.32 Å².